The Kier molecular flexibility index (Phi) is 5.13. The van der Waals surface area contributed by atoms with Gasteiger partial charge >= 0.3 is 0 Å². The maximum Gasteiger partial charge on any atom is 0.252 e. The third kappa shape index (κ3) is 4.17. The fourth-order valence-electron chi connectivity index (χ4n) is 4.14. The van der Waals surface area contributed by atoms with Crippen LogP contribution in [0.25, 0.3) is 16.9 Å². The molecule has 0 radical (unpaired) electrons. The zero-order chi connectivity index (χ0) is 20.6. The molecule has 1 amide bonds. The number of benzene rings is 1. The molecule has 2 N–H and O–H groups in total. The number of halogens is 1. The Labute approximate surface area is 169 Å². The first kappa shape index (κ1) is 19.6. The molecule has 1 fully saturated rings. The largest absolute Gasteiger partial charge is 0.390 e. The number of hydrogen-bond donors (Lipinski definition) is 2. The average molecular weight is 395 g/mol. The van der Waals surface area contributed by atoms with Gasteiger partial charge in [-0.1, -0.05) is 12.1 Å². The van der Waals surface area contributed by atoms with Crippen molar-refractivity contribution in [1.82, 2.24) is 14.7 Å². The topological polar surface area (TPSA) is 66.6 Å². The van der Waals surface area contributed by atoms with Crippen LogP contribution in [0.15, 0.2) is 48.8 Å². The maximum atomic E-state index is 14.0. The molecule has 0 unspecified atom stereocenters. The quantitative estimate of drug-likeness (QED) is 0.696. The molecule has 1 saturated carbocycles. The molecular weight excluding hydrogens is 369 g/mol. The van der Waals surface area contributed by atoms with E-state index in [1.807, 2.05) is 13.8 Å². The molecule has 29 heavy (non-hydrogen) atoms. The molecule has 0 atom stereocenters. The average Bonchev–Trinajstić information content (AvgIpc) is 3.11. The Morgan fingerprint density at radius 2 is 1.86 bits per heavy atom. The number of carbonyl (C=O) groups excluding carboxylic acids is 1. The number of imidazole rings is 1. The smallest absolute Gasteiger partial charge is 0.252 e. The number of fused-ring (bicyclic) bond motifs is 1. The Bertz CT molecular complexity index is 1030. The van der Waals surface area contributed by atoms with Gasteiger partial charge in [0.1, 0.15) is 11.5 Å². The Balaban J connectivity index is 1.47. The second kappa shape index (κ2) is 7.59. The normalized spacial score (nSPS) is 20.0. The van der Waals surface area contributed by atoms with Crippen LogP contribution in [0, 0.1) is 11.7 Å². The van der Waals surface area contributed by atoms with Crippen LogP contribution in [0.3, 0.4) is 0 Å². The van der Waals surface area contributed by atoms with E-state index in [-0.39, 0.29) is 23.7 Å². The van der Waals surface area contributed by atoms with Crippen LogP contribution in [-0.2, 0) is 0 Å². The summed E-state index contributed by atoms with van der Waals surface area (Å²) in [6.45, 7) is 3.71. The van der Waals surface area contributed by atoms with Crippen LogP contribution in [0.4, 0.5) is 4.39 Å². The van der Waals surface area contributed by atoms with Crippen molar-refractivity contribution in [2.24, 2.45) is 5.92 Å². The minimum Gasteiger partial charge on any atom is -0.390 e. The number of aliphatic hydroxyl groups is 1. The summed E-state index contributed by atoms with van der Waals surface area (Å²) in [5.41, 5.74) is 1.50. The third-order valence-corrected chi connectivity index (χ3v) is 5.92. The van der Waals surface area contributed by atoms with Crippen molar-refractivity contribution in [1.29, 1.82) is 0 Å². The summed E-state index contributed by atoms with van der Waals surface area (Å²) < 4.78 is 15.8. The van der Waals surface area contributed by atoms with Crippen LogP contribution in [0.1, 0.15) is 49.9 Å². The van der Waals surface area contributed by atoms with E-state index in [0.717, 1.165) is 25.7 Å². The monoisotopic (exact) mass is 395 g/mol. The minimum absolute atomic E-state index is 0.119. The number of nitrogens with one attached hydrogen (secondary N) is 1. The summed E-state index contributed by atoms with van der Waals surface area (Å²) >= 11 is 0. The summed E-state index contributed by atoms with van der Waals surface area (Å²) in [6, 6.07) is 10.1. The highest BCUT2D eigenvalue weighted by Gasteiger charge is 2.31. The summed E-state index contributed by atoms with van der Waals surface area (Å²) in [4.78, 5) is 17.2. The lowest BCUT2D eigenvalue weighted by atomic mass is 9.77. The van der Waals surface area contributed by atoms with Crippen molar-refractivity contribution in [3.05, 3.63) is 60.2 Å². The number of aromatic nitrogens is 2. The lowest BCUT2D eigenvalue weighted by Crippen LogP contribution is -2.41. The molecule has 6 heteroatoms. The lowest BCUT2D eigenvalue weighted by Gasteiger charge is -2.36. The van der Waals surface area contributed by atoms with E-state index in [1.165, 1.54) is 6.07 Å². The predicted octanol–water partition coefficient (Wildman–Crippen LogP) is 4.20. The molecule has 0 saturated heterocycles. The van der Waals surface area contributed by atoms with E-state index in [2.05, 4.69) is 10.3 Å². The first-order valence-corrected chi connectivity index (χ1v) is 10.1. The van der Waals surface area contributed by atoms with Gasteiger partial charge in [-0.05, 0) is 69.7 Å². The maximum absolute atomic E-state index is 14.0. The van der Waals surface area contributed by atoms with Gasteiger partial charge in [0.15, 0.2) is 0 Å². The van der Waals surface area contributed by atoms with Gasteiger partial charge < -0.3 is 14.8 Å². The summed E-state index contributed by atoms with van der Waals surface area (Å²) in [5.74, 6) is -0.176. The highest BCUT2D eigenvalue weighted by molar-refractivity contribution is 5.94. The van der Waals surface area contributed by atoms with E-state index in [1.54, 1.807) is 47.1 Å². The van der Waals surface area contributed by atoms with E-state index in [4.69, 9.17) is 0 Å². The van der Waals surface area contributed by atoms with E-state index >= 15 is 0 Å². The summed E-state index contributed by atoms with van der Waals surface area (Å²) in [6.07, 6.45) is 7.00. The van der Waals surface area contributed by atoms with Crippen LogP contribution >= 0.6 is 0 Å². The van der Waals surface area contributed by atoms with Gasteiger partial charge in [-0.25, -0.2) is 9.37 Å². The number of pyridine rings is 1. The van der Waals surface area contributed by atoms with Crippen molar-refractivity contribution in [3.8, 4) is 11.3 Å². The molecule has 2 heterocycles. The zero-order valence-electron chi connectivity index (χ0n) is 16.7. The predicted molar refractivity (Wildman–Crippen MR) is 110 cm³/mol. The van der Waals surface area contributed by atoms with Crippen molar-refractivity contribution in [2.75, 3.05) is 0 Å². The van der Waals surface area contributed by atoms with Crippen molar-refractivity contribution >= 4 is 11.6 Å². The van der Waals surface area contributed by atoms with Gasteiger partial charge in [0.2, 0.25) is 0 Å². The molecule has 4 rings (SSSR count). The van der Waals surface area contributed by atoms with Gasteiger partial charge in [-0.3, -0.25) is 4.79 Å². The van der Waals surface area contributed by atoms with E-state index < -0.39 is 5.60 Å². The summed E-state index contributed by atoms with van der Waals surface area (Å²) in [7, 11) is 0. The molecular formula is C23H26FN3O2. The van der Waals surface area contributed by atoms with Crippen molar-refractivity contribution in [2.45, 2.75) is 51.2 Å². The molecule has 3 aromatic rings. The molecule has 0 bridgehead atoms. The number of rotatable bonds is 4. The number of amides is 1. The fourth-order valence-corrected chi connectivity index (χ4v) is 4.14. The first-order chi connectivity index (χ1) is 13.8. The minimum atomic E-state index is -0.669. The molecule has 2 aromatic heterocycles. The van der Waals surface area contributed by atoms with E-state index in [0.29, 0.717) is 22.5 Å². The second-order valence-electron chi connectivity index (χ2n) is 8.46. The van der Waals surface area contributed by atoms with Crippen LogP contribution in [0.5, 0.6) is 0 Å². The molecule has 1 aliphatic rings. The van der Waals surface area contributed by atoms with Gasteiger partial charge in [0.25, 0.3) is 5.91 Å². The van der Waals surface area contributed by atoms with Crippen LogP contribution in [-0.4, -0.2) is 32.0 Å². The fraction of sp³-hybridized carbons (Fsp3) is 0.391. The molecule has 1 aromatic carbocycles. The highest BCUT2D eigenvalue weighted by Crippen LogP contribution is 2.32. The molecule has 152 valence electrons. The highest BCUT2D eigenvalue weighted by atomic mass is 19.1. The summed E-state index contributed by atoms with van der Waals surface area (Å²) in [5, 5.41) is 13.3. The molecule has 0 spiro atoms. The standard InChI is InChI=1S/C23H26FN3O2/c1-23(2,29)16-8-10-17(11-9-16)25-22(28)15-7-12-21-26-20(14-27(21)13-15)18-5-3-4-6-19(18)24/h3-7,12-14,16-17,29H,8-11H2,1-2H3,(H,25,28). The SMILES string of the molecule is CC(C)(O)C1CCC(NC(=O)c2ccc3nc(-c4ccccc4F)cn3c2)CC1. The number of hydrogen-bond acceptors (Lipinski definition) is 3. The third-order valence-electron chi connectivity index (χ3n) is 5.92. The van der Waals surface area contributed by atoms with Crippen molar-refractivity contribution in [3.63, 3.8) is 0 Å². The number of nitrogens with zero attached hydrogens (tertiary/aromatic N) is 2. The molecule has 0 aliphatic heterocycles. The van der Waals surface area contributed by atoms with Crippen LogP contribution < -0.4 is 5.32 Å². The molecule has 1 aliphatic carbocycles. The Hall–Kier alpha value is -2.73. The van der Waals surface area contributed by atoms with Gasteiger partial charge in [0, 0.05) is 24.0 Å². The second-order valence-corrected chi connectivity index (χ2v) is 8.46. The number of carbonyl (C=O) groups is 1. The van der Waals surface area contributed by atoms with Crippen molar-refractivity contribution < 1.29 is 14.3 Å². The Morgan fingerprint density at radius 1 is 1.14 bits per heavy atom. The van der Waals surface area contributed by atoms with Gasteiger partial charge in [0.05, 0.1) is 16.9 Å². The zero-order valence-corrected chi connectivity index (χ0v) is 16.7. The molecule has 5 nitrogen and oxygen atoms in total. The van der Waals surface area contributed by atoms with Gasteiger partial charge in [-0.2, -0.15) is 0 Å². The van der Waals surface area contributed by atoms with E-state index in [9.17, 15) is 14.3 Å². The lowest BCUT2D eigenvalue weighted by molar-refractivity contribution is -0.00257. The van der Waals surface area contributed by atoms with Gasteiger partial charge in [-0.15, -0.1) is 0 Å². The van der Waals surface area contributed by atoms with Crippen LogP contribution in [0.2, 0.25) is 0 Å². The Morgan fingerprint density at radius 3 is 2.55 bits per heavy atom. The first-order valence-electron chi connectivity index (χ1n) is 10.1.